The number of hydrogen-bond acceptors (Lipinski definition) is 3. The van der Waals surface area contributed by atoms with E-state index in [-0.39, 0.29) is 5.97 Å². The molecule has 0 saturated heterocycles. The van der Waals surface area contributed by atoms with Crippen molar-refractivity contribution in [2.24, 2.45) is 0 Å². The minimum absolute atomic E-state index is 0.204. The zero-order valence-corrected chi connectivity index (χ0v) is 11.5. The lowest BCUT2D eigenvalue weighted by Gasteiger charge is -2.31. The molecule has 0 radical (unpaired) electrons. The standard InChI is InChI=1S/C14H26O3/c1-4-7-8-9-10-14(6-3,11-12-15)17-13(16)5-2/h12H,4-11H2,1-3H3. The van der Waals surface area contributed by atoms with Crippen LogP contribution in [-0.2, 0) is 14.3 Å². The molecule has 0 N–H and O–H groups in total. The van der Waals surface area contributed by atoms with Gasteiger partial charge in [0.05, 0.1) is 0 Å². The van der Waals surface area contributed by atoms with Crippen LogP contribution in [0, 0.1) is 0 Å². The number of ether oxygens (including phenoxy) is 1. The minimum Gasteiger partial charge on any atom is -0.459 e. The van der Waals surface area contributed by atoms with Crippen LogP contribution in [0.3, 0.4) is 0 Å². The fourth-order valence-corrected chi connectivity index (χ4v) is 1.93. The van der Waals surface area contributed by atoms with Gasteiger partial charge in [-0.15, -0.1) is 0 Å². The molecule has 0 aliphatic carbocycles. The molecular weight excluding hydrogens is 216 g/mol. The van der Waals surface area contributed by atoms with Gasteiger partial charge >= 0.3 is 5.97 Å². The van der Waals surface area contributed by atoms with Crippen LogP contribution in [0.2, 0.25) is 0 Å². The summed E-state index contributed by atoms with van der Waals surface area (Å²) in [5.74, 6) is -0.204. The molecular formula is C14H26O3. The maximum atomic E-state index is 11.4. The van der Waals surface area contributed by atoms with Crippen LogP contribution in [0.15, 0.2) is 0 Å². The maximum absolute atomic E-state index is 11.4. The average molecular weight is 242 g/mol. The Morgan fingerprint density at radius 1 is 1.18 bits per heavy atom. The molecule has 0 aromatic rings. The minimum atomic E-state index is -0.553. The van der Waals surface area contributed by atoms with Crippen molar-refractivity contribution in [2.45, 2.75) is 77.7 Å². The number of carbonyl (C=O) groups is 2. The number of carbonyl (C=O) groups excluding carboxylic acids is 2. The summed E-state index contributed by atoms with van der Waals surface area (Å²) in [5, 5.41) is 0. The van der Waals surface area contributed by atoms with E-state index >= 15 is 0 Å². The van der Waals surface area contributed by atoms with E-state index in [1.807, 2.05) is 6.92 Å². The van der Waals surface area contributed by atoms with Crippen LogP contribution in [0.25, 0.3) is 0 Å². The molecule has 0 aliphatic rings. The predicted molar refractivity (Wildman–Crippen MR) is 68.8 cm³/mol. The van der Waals surface area contributed by atoms with Crippen LogP contribution < -0.4 is 0 Å². The molecule has 0 bridgehead atoms. The highest BCUT2D eigenvalue weighted by molar-refractivity contribution is 5.70. The number of unbranched alkanes of at least 4 members (excludes halogenated alkanes) is 3. The first-order valence-corrected chi connectivity index (χ1v) is 6.79. The fourth-order valence-electron chi connectivity index (χ4n) is 1.93. The summed E-state index contributed by atoms with van der Waals surface area (Å²) in [6.45, 7) is 5.92. The molecule has 0 aromatic heterocycles. The zero-order chi connectivity index (χ0) is 13.1. The van der Waals surface area contributed by atoms with Crippen molar-refractivity contribution in [1.82, 2.24) is 0 Å². The van der Waals surface area contributed by atoms with Gasteiger partial charge in [0.2, 0.25) is 0 Å². The topological polar surface area (TPSA) is 43.4 Å². The van der Waals surface area contributed by atoms with Gasteiger partial charge in [-0.25, -0.2) is 0 Å². The van der Waals surface area contributed by atoms with E-state index in [4.69, 9.17) is 4.74 Å². The summed E-state index contributed by atoms with van der Waals surface area (Å²) >= 11 is 0. The summed E-state index contributed by atoms with van der Waals surface area (Å²) in [5.41, 5.74) is -0.553. The summed E-state index contributed by atoms with van der Waals surface area (Å²) in [4.78, 5) is 22.2. The summed E-state index contributed by atoms with van der Waals surface area (Å²) < 4.78 is 5.49. The lowest BCUT2D eigenvalue weighted by atomic mass is 9.90. The predicted octanol–water partition coefficient (Wildman–Crippen LogP) is 3.65. The normalized spacial score (nSPS) is 14.1. The highest BCUT2D eigenvalue weighted by Crippen LogP contribution is 2.27. The molecule has 3 heteroatoms. The molecule has 0 rings (SSSR count). The van der Waals surface area contributed by atoms with Crippen molar-refractivity contribution in [3.63, 3.8) is 0 Å². The van der Waals surface area contributed by atoms with Crippen molar-refractivity contribution in [3.8, 4) is 0 Å². The third-order valence-corrected chi connectivity index (χ3v) is 3.20. The van der Waals surface area contributed by atoms with Crippen molar-refractivity contribution >= 4 is 12.3 Å². The molecule has 0 saturated carbocycles. The van der Waals surface area contributed by atoms with Crippen LogP contribution in [0.1, 0.15) is 72.1 Å². The molecule has 1 unspecified atom stereocenters. The van der Waals surface area contributed by atoms with E-state index in [1.165, 1.54) is 12.8 Å². The first-order valence-electron chi connectivity index (χ1n) is 6.79. The molecule has 0 aliphatic heterocycles. The second-order valence-corrected chi connectivity index (χ2v) is 4.55. The average Bonchev–Trinajstić information content (AvgIpc) is 2.34. The highest BCUT2D eigenvalue weighted by Gasteiger charge is 2.31. The molecule has 1 atom stereocenters. The Hall–Kier alpha value is -0.860. The Kier molecular flexibility index (Phi) is 8.73. The van der Waals surface area contributed by atoms with Gasteiger partial charge in [-0.1, -0.05) is 40.0 Å². The molecule has 3 nitrogen and oxygen atoms in total. The van der Waals surface area contributed by atoms with Crippen molar-refractivity contribution in [3.05, 3.63) is 0 Å². The van der Waals surface area contributed by atoms with Crippen LogP contribution >= 0.6 is 0 Å². The van der Waals surface area contributed by atoms with Crippen LogP contribution in [0.5, 0.6) is 0 Å². The van der Waals surface area contributed by atoms with E-state index < -0.39 is 5.60 Å². The highest BCUT2D eigenvalue weighted by atomic mass is 16.6. The monoisotopic (exact) mass is 242 g/mol. The first kappa shape index (κ1) is 16.1. The number of esters is 1. The van der Waals surface area contributed by atoms with E-state index in [0.717, 1.165) is 25.5 Å². The number of hydrogen-bond donors (Lipinski definition) is 0. The van der Waals surface area contributed by atoms with Crippen molar-refractivity contribution in [1.29, 1.82) is 0 Å². The molecule has 100 valence electrons. The molecule has 0 aromatic carbocycles. The summed E-state index contributed by atoms with van der Waals surface area (Å²) in [6, 6.07) is 0. The third-order valence-electron chi connectivity index (χ3n) is 3.20. The molecule has 0 amide bonds. The largest absolute Gasteiger partial charge is 0.459 e. The molecule has 0 heterocycles. The Balaban J connectivity index is 4.35. The van der Waals surface area contributed by atoms with Gasteiger partial charge in [-0.3, -0.25) is 4.79 Å². The second kappa shape index (κ2) is 9.20. The maximum Gasteiger partial charge on any atom is 0.306 e. The smallest absolute Gasteiger partial charge is 0.306 e. The Morgan fingerprint density at radius 2 is 1.88 bits per heavy atom. The van der Waals surface area contributed by atoms with Gasteiger partial charge in [0.25, 0.3) is 0 Å². The lowest BCUT2D eigenvalue weighted by Crippen LogP contribution is -2.35. The van der Waals surface area contributed by atoms with E-state index in [2.05, 4.69) is 6.92 Å². The summed E-state index contributed by atoms with van der Waals surface area (Å²) in [6.07, 6.45) is 7.61. The first-order chi connectivity index (χ1) is 8.14. The Morgan fingerprint density at radius 3 is 2.35 bits per heavy atom. The van der Waals surface area contributed by atoms with E-state index in [0.29, 0.717) is 19.3 Å². The van der Waals surface area contributed by atoms with Crippen molar-refractivity contribution in [2.75, 3.05) is 0 Å². The van der Waals surface area contributed by atoms with Crippen LogP contribution in [0.4, 0.5) is 0 Å². The Bertz CT molecular complexity index is 226. The van der Waals surface area contributed by atoms with Crippen molar-refractivity contribution < 1.29 is 14.3 Å². The van der Waals surface area contributed by atoms with Gasteiger partial charge in [0, 0.05) is 12.8 Å². The third kappa shape index (κ3) is 6.44. The number of rotatable bonds is 10. The quantitative estimate of drug-likeness (QED) is 0.333. The lowest BCUT2D eigenvalue weighted by molar-refractivity contribution is -0.162. The number of aldehydes is 1. The summed E-state index contributed by atoms with van der Waals surface area (Å²) in [7, 11) is 0. The fraction of sp³-hybridized carbons (Fsp3) is 0.857. The second-order valence-electron chi connectivity index (χ2n) is 4.55. The Labute approximate surface area is 105 Å². The van der Waals surface area contributed by atoms with E-state index in [1.54, 1.807) is 6.92 Å². The molecule has 0 spiro atoms. The molecule has 17 heavy (non-hydrogen) atoms. The molecule has 0 fully saturated rings. The van der Waals surface area contributed by atoms with Gasteiger partial charge in [0.1, 0.15) is 11.9 Å². The van der Waals surface area contributed by atoms with Gasteiger partial charge < -0.3 is 9.53 Å². The zero-order valence-electron chi connectivity index (χ0n) is 11.5. The van der Waals surface area contributed by atoms with E-state index in [9.17, 15) is 9.59 Å². The van der Waals surface area contributed by atoms with Gasteiger partial charge in [-0.2, -0.15) is 0 Å². The van der Waals surface area contributed by atoms with Crippen LogP contribution in [-0.4, -0.2) is 17.9 Å². The SMILES string of the molecule is CCCCCCC(CC)(CC=O)OC(=O)CC. The van der Waals surface area contributed by atoms with Gasteiger partial charge in [0.15, 0.2) is 0 Å². The van der Waals surface area contributed by atoms with Gasteiger partial charge in [-0.05, 0) is 19.3 Å².